The lowest BCUT2D eigenvalue weighted by Gasteiger charge is -1.98. The Morgan fingerprint density at radius 2 is 2.50 bits per heavy atom. The van der Waals surface area contributed by atoms with Crippen LogP contribution in [-0.2, 0) is 6.42 Å². The number of aromatic nitrogens is 1. The summed E-state index contributed by atoms with van der Waals surface area (Å²) >= 11 is 0. The SMILES string of the molecule is N#CCc1cnccc1C(=O)O. The third-order valence-corrected chi connectivity index (χ3v) is 1.40. The molecule has 0 aromatic carbocycles. The first-order chi connectivity index (χ1) is 5.75. The van der Waals surface area contributed by atoms with Gasteiger partial charge in [-0.25, -0.2) is 4.79 Å². The number of aromatic carboxylic acids is 1. The van der Waals surface area contributed by atoms with E-state index < -0.39 is 5.97 Å². The third kappa shape index (κ3) is 1.58. The fraction of sp³-hybridized carbons (Fsp3) is 0.125. The van der Waals surface area contributed by atoms with Crippen LogP contribution in [0, 0.1) is 11.3 Å². The summed E-state index contributed by atoms with van der Waals surface area (Å²) in [5.74, 6) is -1.03. The molecule has 1 N–H and O–H groups in total. The van der Waals surface area contributed by atoms with Gasteiger partial charge in [0, 0.05) is 12.4 Å². The van der Waals surface area contributed by atoms with Gasteiger partial charge in [-0.05, 0) is 11.6 Å². The Kier molecular flexibility index (Phi) is 2.38. The van der Waals surface area contributed by atoms with Crippen LogP contribution in [-0.4, -0.2) is 16.1 Å². The smallest absolute Gasteiger partial charge is 0.336 e. The topological polar surface area (TPSA) is 74.0 Å². The maximum Gasteiger partial charge on any atom is 0.336 e. The van der Waals surface area contributed by atoms with Crippen molar-refractivity contribution in [2.24, 2.45) is 0 Å². The molecule has 0 aliphatic heterocycles. The largest absolute Gasteiger partial charge is 0.478 e. The summed E-state index contributed by atoms with van der Waals surface area (Å²) < 4.78 is 0. The molecule has 12 heavy (non-hydrogen) atoms. The first-order valence-corrected chi connectivity index (χ1v) is 3.29. The Hall–Kier alpha value is -1.89. The monoisotopic (exact) mass is 162 g/mol. The normalized spacial score (nSPS) is 8.92. The molecule has 1 aromatic rings. The molecule has 0 spiro atoms. The van der Waals surface area contributed by atoms with Gasteiger partial charge in [0.15, 0.2) is 0 Å². The molecule has 0 fully saturated rings. The number of nitriles is 1. The number of carboxylic acid groups (broad SMARTS) is 1. The number of carbonyl (C=O) groups is 1. The summed E-state index contributed by atoms with van der Waals surface area (Å²) in [6.07, 6.45) is 2.87. The fourth-order valence-electron chi connectivity index (χ4n) is 0.862. The summed E-state index contributed by atoms with van der Waals surface area (Å²) in [5.41, 5.74) is 0.596. The molecule has 60 valence electrons. The Morgan fingerprint density at radius 3 is 3.08 bits per heavy atom. The van der Waals surface area contributed by atoms with Crippen LogP contribution in [0.15, 0.2) is 18.5 Å². The highest BCUT2D eigenvalue weighted by Crippen LogP contribution is 2.06. The molecule has 1 rings (SSSR count). The van der Waals surface area contributed by atoms with Gasteiger partial charge in [0.25, 0.3) is 0 Å². The van der Waals surface area contributed by atoms with Gasteiger partial charge in [-0.1, -0.05) is 0 Å². The van der Waals surface area contributed by atoms with E-state index >= 15 is 0 Å². The second-order valence-electron chi connectivity index (χ2n) is 2.17. The van der Waals surface area contributed by atoms with Crippen LogP contribution in [0.25, 0.3) is 0 Å². The van der Waals surface area contributed by atoms with Crippen LogP contribution in [0.4, 0.5) is 0 Å². The van der Waals surface area contributed by atoms with Gasteiger partial charge in [-0.2, -0.15) is 5.26 Å². The molecule has 0 unspecified atom stereocenters. The van der Waals surface area contributed by atoms with Crippen LogP contribution >= 0.6 is 0 Å². The van der Waals surface area contributed by atoms with E-state index in [-0.39, 0.29) is 12.0 Å². The van der Waals surface area contributed by atoms with E-state index in [2.05, 4.69) is 4.98 Å². The van der Waals surface area contributed by atoms with Crippen LogP contribution in [0.3, 0.4) is 0 Å². The highest BCUT2D eigenvalue weighted by Gasteiger charge is 2.07. The molecule has 0 atom stereocenters. The summed E-state index contributed by atoms with van der Waals surface area (Å²) in [6, 6.07) is 3.26. The van der Waals surface area contributed by atoms with Crippen molar-refractivity contribution in [2.75, 3.05) is 0 Å². The molecule has 0 radical (unpaired) electrons. The highest BCUT2D eigenvalue weighted by atomic mass is 16.4. The van der Waals surface area contributed by atoms with Crippen LogP contribution in [0.5, 0.6) is 0 Å². The number of rotatable bonds is 2. The number of nitrogens with zero attached hydrogens (tertiary/aromatic N) is 2. The lowest BCUT2D eigenvalue weighted by Crippen LogP contribution is -2.02. The van der Waals surface area contributed by atoms with Crippen molar-refractivity contribution >= 4 is 5.97 Å². The Morgan fingerprint density at radius 1 is 1.75 bits per heavy atom. The standard InChI is InChI=1S/C8H6N2O2/c9-3-1-6-5-10-4-2-7(6)8(11)12/h2,4-5H,1H2,(H,11,12). The van der Waals surface area contributed by atoms with Gasteiger partial charge in [-0.15, -0.1) is 0 Å². The number of hydrogen-bond acceptors (Lipinski definition) is 3. The van der Waals surface area contributed by atoms with Gasteiger partial charge in [0.1, 0.15) is 0 Å². The molecule has 0 saturated carbocycles. The quantitative estimate of drug-likeness (QED) is 0.699. The number of hydrogen-bond donors (Lipinski definition) is 1. The molecular weight excluding hydrogens is 156 g/mol. The summed E-state index contributed by atoms with van der Waals surface area (Å²) in [4.78, 5) is 14.3. The first kappa shape index (κ1) is 8.21. The lowest BCUT2D eigenvalue weighted by atomic mass is 10.1. The highest BCUT2D eigenvalue weighted by molar-refractivity contribution is 5.89. The fourth-order valence-corrected chi connectivity index (χ4v) is 0.862. The summed E-state index contributed by atoms with van der Waals surface area (Å²) in [6.45, 7) is 0. The average molecular weight is 162 g/mol. The van der Waals surface area contributed by atoms with Gasteiger partial charge >= 0.3 is 5.97 Å². The van der Waals surface area contributed by atoms with Crippen molar-refractivity contribution < 1.29 is 9.90 Å². The molecule has 1 heterocycles. The maximum absolute atomic E-state index is 10.6. The zero-order chi connectivity index (χ0) is 8.97. The zero-order valence-corrected chi connectivity index (χ0v) is 6.19. The van der Waals surface area contributed by atoms with Gasteiger partial charge in [0.2, 0.25) is 0 Å². The van der Waals surface area contributed by atoms with Crippen molar-refractivity contribution in [3.63, 3.8) is 0 Å². The zero-order valence-electron chi connectivity index (χ0n) is 6.19. The molecule has 1 aromatic heterocycles. The van der Waals surface area contributed by atoms with Crippen molar-refractivity contribution in [1.82, 2.24) is 4.98 Å². The second kappa shape index (κ2) is 3.49. The van der Waals surface area contributed by atoms with E-state index in [0.29, 0.717) is 5.56 Å². The molecular formula is C8H6N2O2. The molecule has 4 nitrogen and oxygen atoms in total. The predicted octanol–water partition coefficient (Wildman–Crippen LogP) is 0.846. The van der Waals surface area contributed by atoms with E-state index in [9.17, 15) is 4.79 Å². The maximum atomic E-state index is 10.6. The van der Waals surface area contributed by atoms with Crippen molar-refractivity contribution in [3.05, 3.63) is 29.6 Å². The van der Waals surface area contributed by atoms with Gasteiger partial charge < -0.3 is 5.11 Å². The Balaban J connectivity index is 3.10. The van der Waals surface area contributed by atoms with Gasteiger partial charge in [-0.3, -0.25) is 4.98 Å². The minimum absolute atomic E-state index is 0.0788. The molecule has 0 bridgehead atoms. The van der Waals surface area contributed by atoms with Crippen LogP contribution < -0.4 is 0 Å². The molecule has 0 aliphatic rings. The minimum atomic E-state index is -1.03. The lowest BCUT2D eigenvalue weighted by molar-refractivity contribution is 0.0696. The number of carboxylic acids is 1. The van der Waals surface area contributed by atoms with E-state index in [4.69, 9.17) is 10.4 Å². The van der Waals surface area contributed by atoms with Gasteiger partial charge in [0.05, 0.1) is 18.1 Å². The predicted molar refractivity (Wildman–Crippen MR) is 40.5 cm³/mol. The van der Waals surface area contributed by atoms with Crippen molar-refractivity contribution in [3.8, 4) is 6.07 Å². The van der Waals surface area contributed by atoms with E-state index in [1.54, 1.807) is 0 Å². The summed E-state index contributed by atoms with van der Waals surface area (Å²) in [7, 11) is 0. The number of pyridine rings is 1. The van der Waals surface area contributed by atoms with E-state index in [0.717, 1.165) is 0 Å². The van der Waals surface area contributed by atoms with Crippen LogP contribution in [0.2, 0.25) is 0 Å². The third-order valence-electron chi connectivity index (χ3n) is 1.40. The van der Waals surface area contributed by atoms with Crippen LogP contribution in [0.1, 0.15) is 15.9 Å². The molecule has 0 saturated heterocycles. The average Bonchev–Trinajstić information content (AvgIpc) is 2.05. The van der Waals surface area contributed by atoms with E-state index in [1.165, 1.54) is 18.5 Å². The first-order valence-electron chi connectivity index (χ1n) is 3.29. The minimum Gasteiger partial charge on any atom is -0.478 e. The van der Waals surface area contributed by atoms with Crippen molar-refractivity contribution in [1.29, 1.82) is 5.26 Å². The molecule has 0 amide bonds. The van der Waals surface area contributed by atoms with Crippen molar-refractivity contribution in [2.45, 2.75) is 6.42 Å². The second-order valence-corrected chi connectivity index (χ2v) is 2.17. The van der Waals surface area contributed by atoms with E-state index in [1.807, 2.05) is 6.07 Å². The molecule has 0 aliphatic carbocycles. The Bertz CT molecular complexity index is 341. The summed E-state index contributed by atoms with van der Waals surface area (Å²) in [5, 5.41) is 17.0. The Labute approximate surface area is 69.1 Å². The molecule has 4 heteroatoms.